The quantitative estimate of drug-likeness (QED) is 0.672. The normalized spacial score (nSPS) is 10.6. The molecule has 25 heavy (non-hydrogen) atoms. The fraction of sp³-hybridized carbons (Fsp3) is 0.211. The Kier molecular flexibility index (Phi) is 6.28. The van der Waals surface area contributed by atoms with Crippen LogP contribution in [-0.2, 0) is 11.2 Å². The molecule has 0 aliphatic rings. The number of carbonyl (C=O) groups is 1. The van der Waals surface area contributed by atoms with Crippen LogP contribution in [0.2, 0.25) is 0 Å². The van der Waals surface area contributed by atoms with E-state index in [0.29, 0.717) is 30.0 Å². The Labute approximate surface area is 146 Å². The van der Waals surface area contributed by atoms with Gasteiger partial charge in [-0.3, -0.25) is 4.79 Å². The smallest absolute Gasteiger partial charge is 0.244 e. The minimum atomic E-state index is -0.235. The van der Waals surface area contributed by atoms with Crippen LogP contribution in [0.1, 0.15) is 11.1 Å². The van der Waals surface area contributed by atoms with Gasteiger partial charge in [0, 0.05) is 12.6 Å². The van der Waals surface area contributed by atoms with Crippen LogP contribution < -0.4 is 14.8 Å². The highest BCUT2D eigenvalue weighted by atomic mass is 16.5. The van der Waals surface area contributed by atoms with Crippen molar-refractivity contribution >= 4 is 12.0 Å². The maximum Gasteiger partial charge on any atom is 0.244 e. The lowest BCUT2D eigenvalue weighted by atomic mass is 10.1. The van der Waals surface area contributed by atoms with Gasteiger partial charge in [0.15, 0.2) is 23.0 Å². The van der Waals surface area contributed by atoms with Crippen molar-refractivity contribution in [3.63, 3.8) is 0 Å². The Morgan fingerprint density at radius 1 is 1.04 bits per heavy atom. The lowest BCUT2D eigenvalue weighted by molar-refractivity contribution is -0.116. The van der Waals surface area contributed by atoms with Gasteiger partial charge in [-0.1, -0.05) is 12.1 Å². The zero-order valence-corrected chi connectivity index (χ0v) is 14.2. The zero-order valence-electron chi connectivity index (χ0n) is 14.2. The molecule has 0 spiro atoms. The minimum Gasteiger partial charge on any atom is -0.504 e. The molecule has 2 aromatic carbocycles. The van der Waals surface area contributed by atoms with Crippen molar-refractivity contribution in [3.8, 4) is 23.0 Å². The van der Waals surface area contributed by atoms with Crippen LogP contribution >= 0.6 is 0 Å². The lowest BCUT2D eigenvalue weighted by Gasteiger charge is -2.07. The van der Waals surface area contributed by atoms with Gasteiger partial charge < -0.3 is 25.0 Å². The molecular weight excluding hydrogens is 322 g/mol. The first-order valence-corrected chi connectivity index (χ1v) is 7.72. The zero-order chi connectivity index (χ0) is 18.2. The number of hydrogen-bond donors (Lipinski definition) is 3. The van der Waals surface area contributed by atoms with E-state index in [1.165, 1.54) is 26.4 Å². The molecule has 0 unspecified atom stereocenters. The van der Waals surface area contributed by atoms with E-state index in [-0.39, 0.29) is 17.4 Å². The predicted octanol–water partition coefficient (Wildman–Crippen LogP) is 2.49. The summed E-state index contributed by atoms with van der Waals surface area (Å²) >= 11 is 0. The summed E-state index contributed by atoms with van der Waals surface area (Å²) in [6.45, 7) is 0.449. The number of benzene rings is 2. The monoisotopic (exact) mass is 343 g/mol. The molecule has 0 heterocycles. The van der Waals surface area contributed by atoms with Gasteiger partial charge in [-0.05, 0) is 47.9 Å². The SMILES string of the molecule is COc1ccc(/C=C/C(=O)NCCc2ccc(O)c(OC)c2)cc1O. The predicted molar refractivity (Wildman–Crippen MR) is 95.1 cm³/mol. The van der Waals surface area contributed by atoms with E-state index >= 15 is 0 Å². The van der Waals surface area contributed by atoms with E-state index in [1.54, 1.807) is 36.4 Å². The van der Waals surface area contributed by atoms with Gasteiger partial charge in [0.2, 0.25) is 5.91 Å². The second-order valence-electron chi connectivity index (χ2n) is 5.31. The van der Waals surface area contributed by atoms with Crippen molar-refractivity contribution in [1.29, 1.82) is 0 Å². The summed E-state index contributed by atoms with van der Waals surface area (Å²) in [5, 5.41) is 22.0. The second kappa shape index (κ2) is 8.63. The van der Waals surface area contributed by atoms with E-state index in [1.807, 2.05) is 0 Å². The lowest BCUT2D eigenvalue weighted by Crippen LogP contribution is -2.23. The first kappa shape index (κ1) is 18.2. The molecule has 0 saturated carbocycles. The Bertz CT molecular complexity index is 770. The maximum atomic E-state index is 11.8. The Balaban J connectivity index is 1.85. The first-order valence-electron chi connectivity index (χ1n) is 7.72. The van der Waals surface area contributed by atoms with Crippen LogP contribution in [0.3, 0.4) is 0 Å². The van der Waals surface area contributed by atoms with E-state index in [2.05, 4.69) is 5.32 Å². The van der Waals surface area contributed by atoms with Gasteiger partial charge in [-0.2, -0.15) is 0 Å². The van der Waals surface area contributed by atoms with Gasteiger partial charge in [-0.25, -0.2) is 0 Å². The highest BCUT2D eigenvalue weighted by molar-refractivity contribution is 5.91. The average molecular weight is 343 g/mol. The van der Waals surface area contributed by atoms with Crippen LogP contribution in [0.4, 0.5) is 0 Å². The Morgan fingerprint density at radius 3 is 2.48 bits per heavy atom. The third-order valence-corrected chi connectivity index (χ3v) is 3.59. The number of phenolic OH excluding ortho intramolecular Hbond substituents is 2. The van der Waals surface area contributed by atoms with Crippen molar-refractivity contribution in [1.82, 2.24) is 5.32 Å². The van der Waals surface area contributed by atoms with Crippen molar-refractivity contribution in [3.05, 3.63) is 53.6 Å². The molecule has 0 fully saturated rings. The molecule has 0 aromatic heterocycles. The van der Waals surface area contributed by atoms with Crippen molar-refractivity contribution in [2.24, 2.45) is 0 Å². The molecule has 0 saturated heterocycles. The molecule has 6 heteroatoms. The summed E-state index contributed by atoms with van der Waals surface area (Å²) < 4.78 is 10.0. The number of aromatic hydroxyl groups is 2. The van der Waals surface area contributed by atoms with Gasteiger partial charge in [0.25, 0.3) is 0 Å². The second-order valence-corrected chi connectivity index (χ2v) is 5.31. The fourth-order valence-electron chi connectivity index (χ4n) is 2.25. The topological polar surface area (TPSA) is 88.0 Å². The molecule has 0 radical (unpaired) electrons. The number of hydrogen-bond acceptors (Lipinski definition) is 5. The van der Waals surface area contributed by atoms with E-state index in [0.717, 1.165) is 5.56 Å². The number of nitrogens with one attached hydrogen (secondary N) is 1. The number of amides is 1. The molecule has 6 nitrogen and oxygen atoms in total. The molecule has 1 amide bonds. The van der Waals surface area contributed by atoms with Crippen molar-refractivity contribution in [2.75, 3.05) is 20.8 Å². The summed E-state index contributed by atoms with van der Waals surface area (Å²) in [7, 11) is 2.96. The molecule has 3 N–H and O–H groups in total. The summed E-state index contributed by atoms with van der Waals surface area (Å²) in [5.74, 6) is 0.655. The summed E-state index contributed by atoms with van der Waals surface area (Å²) in [6.07, 6.45) is 3.62. The minimum absolute atomic E-state index is 0.0198. The van der Waals surface area contributed by atoms with E-state index < -0.39 is 0 Å². The molecule has 132 valence electrons. The molecule has 0 aliphatic heterocycles. The van der Waals surface area contributed by atoms with Crippen LogP contribution in [0.25, 0.3) is 6.08 Å². The van der Waals surface area contributed by atoms with Crippen LogP contribution in [0.5, 0.6) is 23.0 Å². The van der Waals surface area contributed by atoms with Gasteiger partial charge >= 0.3 is 0 Å². The van der Waals surface area contributed by atoms with Crippen molar-refractivity contribution < 1.29 is 24.5 Å². The molecule has 0 bridgehead atoms. The van der Waals surface area contributed by atoms with Gasteiger partial charge in [-0.15, -0.1) is 0 Å². The van der Waals surface area contributed by atoms with Crippen molar-refractivity contribution in [2.45, 2.75) is 6.42 Å². The largest absolute Gasteiger partial charge is 0.504 e. The van der Waals surface area contributed by atoms with Crippen LogP contribution in [-0.4, -0.2) is 36.9 Å². The van der Waals surface area contributed by atoms with E-state index in [9.17, 15) is 15.0 Å². The van der Waals surface area contributed by atoms with Gasteiger partial charge in [0.1, 0.15) is 0 Å². The number of rotatable bonds is 7. The molecular formula is C19H21NO5. The number of carbonyl (C=O) groups excluding carboxylic acids is 1. The van der Waals surface area contributed by atoms with Crippen LogP contribution in [0.15, 0.2) is 42.5 Å². The summed E-state index contributed by atoms with van der Waals surface area (Å²) in [6, 6.07) is 9.96. The Morgan fingerprint density at radius 2 is 1.80 bits per heavy atom. The molecule has 2 rings (SSSR count). The molecule has 0 atom stereocenters. The number of phenols is 2. The average Bonchev–Trinajstić information content (AvgIpc) is 2.61. The Hall–Kier alpha value is -3.15. The fourth-order valence-corrected chi connectivity index (χ4v) is 2.25. The maximum absolute atomic E-state index is 11.8. The summed E-state index contributed by atoms with van der Waals surface area (Å²) in [5.41, 5.74) is 1.63. The van der Waals surface area contributed by atoms with Gasteiger partial charge in [0.05, 0.1) is 14.2 Å². The van der Waals surface area contributed by atoms with Crippen LogP contribution in [0, 0.1) is 0 Å². The molecule has 2 aromatic rings. The molecule has 0 aliphatic carbocycles. The standard InChI is InChI=1S/C19H21NO5/c1-24-17-7-4-13(11-16(17)22)5-8-19(23)20-10-9-14-3-6-15(21)18(12-14)25-2/h3-8,11-12,21-22H,9-10H2,1-2H3,(H,20,23)/b8-5+. The van der Waals surface area contributed by atoms with E-state index in [4.69, 9.17) is 9.47 Å². The highest BCUT2D eigenvalue weighted by Gasteiger charge is 2.04. The highest BCUT2D eigenvalue weighted by Crippen LogP contribution is 2.27. The number of methoxy groups -OCH3 is 2. The third kappa shape index (κ3) is 5.17. The number of ether oxygens (including phenoxy) is 2. The first-order chi connectivity index (χ1) is 12.0. The summed E-state index contributed by atoms with van der Waals surface area (Å²) in [4.78, 5) is 11.8. The third-order valence-electron chi connectivity index (χ3n) is 3.59.